The molecule has 5 nitrogen and oxygen atoms in total. The number of rotatable bonds is 3. The highest BCUT2D eigenvalue weighted by molar-refractivity contribution is 7.93. The lowest BCUT2D eigenvalue weighted by atomic mass is 10.2. The molecule has 0 aromatic heterocycles. The molecule has 2 aromatic carbocycles. The number of nitrogen functional groups attached to an aromatic ring is 1. The zero-order valence-corrected chi connectivity index (χ0v) is 11.9. The van der Waals surface area contributed by atoms with E-state index in [1.165, 1.54) is 25.2 Å². The van der Waals surface area contributed by atoms with Crippen molar-refractivity contribution in [3.8, 4) is 6.07 Å². The zero-order valence-electron chi connectivity index (χ0n) is 11.1. The Kier molecular flexibility index (Phi) is 3.82. The maximum absolute atomic E-state index is 13.3. The lowest BCUT2D eigenvalue weighted by molar-refractivity contribution is 0.590. The van der Waals surface area contributed by atoms with E-state index in [2.05, 4.69) is 0 Å². The SMILES string of the molecule is CN(c1ccccc1C#N)S(=O)(=O)c1cc(F)ccc1N. The van der Waals surface area contributed by atoms with Crippen LogP contribution in [0.4, 0.5) is 15.8 Å². The minimum absolute atomic E-state index is 0.0577. The summed E-state index contributed by atoms with van der Waals surface area (Å²) >= 11 is 0. The Hall–Kier alpha value is -2.59. The van der Waals surface area contributed by atoms with Gasteiger partial charge in [-0.1, -0.05) is 12.1 Å². The highest BCUT2D eigenvalue weighted by Crippen LogP contribution is 2.28. The predicted octanol–water partition coefficient (Wildman–Crippen LogP) is 2.10. The van der Waals surface area contributed by atoms with Crippen LogP contribution in [0.3, 0.4) is 0 Å². The Bertz CT molecular complexity index is 828. The molecule has 0 atom stereocenters. The third-order valence-corrected chi connectivity index (χ3v) is 4.80. The van der Waals surface area contributed by atoms with E-state index in [9.17, 15) is 12.8 Å². The fourth-order valence-corrected chi connectivity index (χ4v) is 3.19. The molecular weight excluding hydrogens is 293 g/mol. The summed E-state index contributed by atoms with van der Waals surface area (Å²) in [5.41, 5.74) is 5.96. The maximum atomic E-state index is 13.3. The number of para-hydroxylation sites is 1. The molecule has 2 N–H and O–H groups in total. The summed E-state index contributed by atoms with van der Waals surface area (Å²) in [5.74, 6) is -0.704. The van der Waals surface area contributed by atoms with Gasteiger partial charge in [0, 0.05) is 7.05 Å². The van der Waals surface area contributed by atoms with Gasteiger partial charge in [0.1, 0.15) is 16.8 Å². The second kappa shape index (κ2) is 5.42. The predicted molar refractivity (Wildman–Crippen MR) is 77.6 cm³/mol. The first-order chi connectivity index (χ1) is 9.87. The molecule has 0 bridgehead atoms. The molecule has 21 heavy (non-hydrogen) atoms. The summed E-state index contributed by atoms with van der Waals surface area (Å²) in [6, 6.07) is 11.3. The molecule has 0 aliphatic heterocycles. The normalized spacial score (nSPS) is 10.9. The largest absolute Gasteiger partial charge is 0.398 e. The summed E-state index contributed by atoms with van der Waals surface area (Å²) in [5, 5.41) is 9.05. The number of sulfonamides is 1. The monoisotopic (exact) mass is 305 g/mol. The molecule has 0 aliphatic rings. The molecule has 108 valence electrons. The van der Waals surface area contributed by atoms with Gasteiger partial charge in [-0.2, -0.15) is 5.26 Å². The van der Waals surface area contributed by atoms with Crippen molar-refractivity contribution in [2.45, 2.75) is 4.90 Å². The van der Waals surface area contributed by atoms with Gasteiger partial charge in [0.25, 0.3) is 10.0 Å². The van der Waals surface area contributed by atoms with E-state index in [-0.39, 0.29) is 21.8 Å². The number of nitrogens with zero attached hydrogens (tertiary/aromatic N) is 2. The Morgan fingerprint density at radius 3 is 2.57 bits per heavy atom. The molecule has 0 aliphatic carbocycles. The third kappa shape index (κ3) is 2.66. The molecule has 0 radical (unpaired) electrons. The highest BCUT2D eigenvalue weighted by Gasteiger charge is 2.25. The van der Waals surface area contributed by atoms with Gasteiger partial charge >= 0.3 is 0 Å². The van der Waals surface area contributed by atoms with Crippen molar-refractivity contribution < 1.29 is 12.8 Å². The smallest absolute Gasteiger partial charge is 0.266 e. The summed E-state index contributed by atoms with van der Waals surface area (Å²) in [6.45, 7) is 0. The fourth-order valence-electron chi connectivity index (χ4n) is 1.85. The first-order valence-corrected chi connectivity index (χ1v) is 7.35. The quantitative estimate of drug-likeness (QED) is 0.880. The Morgan fingerprint density at radius 2 is 1.90 bits per heavy atom. The van der Waals surface area contributed by atoms with E-state index in [1.807, 2.05) is 6.07 Å². The van der Waals surface area contributed by atoms with E-state index < -0.39 is 15.8 Å². The van der Waals surface area contributed by atoms with Crippen LogP contribution in [0.2, 0.25) is 0 Å². The lowest BCUT2D eigenvalue weighted by Crippen LogP contribution is -2.28. The summed E-state index contributed by atoms with van der Waals surface area (Å²) < 4.78 is 39.3. The average molecular weight is 305 g/mol. The molecule has 0 saturated heterocycles. The van der Waals surface area contributed by atoms with Crippen molar-refractivity contribution in [1.82, 2.24) is 0 Å². The van der Waals surface area contributed by atoms with Crippen LogP contribution in [0.25, 0.3) is 0 Å². The molecule has 0 fully saturated rings. The Balaban J connectivity index is 2.59. The second-order valence-electron chi connectivity index (χ2n) is 4.28. The summed E-state index contributed by atoms with van der Waals surface area (Å²) in [6.07, 6.45) is 0. The summed E-state index contributed by atoms with van der Waals surface area (Å²) in [7, 11) is -2.77. The number of hydrogen-bond acceptors (Lipinski definition) is 4. The number of nitriles is 1. The second-order valence-corrected chi connectivity index (χ2v) is 6.22. The van der Waals surface area contributed by atoms with E-state index in [0.717, 1.165) is 16.4 Å². The van der Waals surface area contributed by atoms with Crippen molar-refractivity contribution in [3.63, 3.8) is 0 Å². The minimum atomic E-state index is -4.06. The van der Waals surface area contributed by atoms with Crippen LogP contribution in [0.1, 0.15) is 5.56 Å². The Morgan fingerprint density at radius 1 is 1.24 bits per heavy atom. The van der Waals surface area contributed by atoms with E-state index >= 15 is 0 Å². The van der Waals surface area contributed by atoms with Crippen LogP contribution >= 0.6 is 0 Å². The minimum Gasteiger partial charge on any atom is -0.398 e. The molecule has 0 spiro atoms. The first-order valence-electron chi connectivity index (χ1n) is 5.91. The van der Waals surface area contributed by atoms with Crippen molar-refractivity contribution in [1.29, 1.82) is 5.26 Å². The van der Waals surface area contributed by atoms with Crippen molar-refractivity contribution in [2.75, 3.05) is 17.1 Å². The van der Waals surface area contributed by atoms with E-state index in [1.54, 1.807) is 12.1 Å². The van der Waals surface area contributed by atoms with Gasteiger partial charge in [-0.3, -0.25) is 4.31 Å². The van der Waals surface area contributed by atoms with Crippen LogP contribution in [0, 0.1) is 17.1 Å². The molecule has 0 saturated carbocycles. The van der Waals surface area contributed by atoms with Gasteiger partial charge in [0.15, 0.2) is 0 Å². The molecule has 0 unspecified atom stereocenters. The van der Waals surface area contributed by atoms with Crippen LogP contribution in [0.5, 0.6) is 0 Å². The molecular formula is C14H12FN3O2S. The number of anilines is 2. The van der Waals surface area contributed by atoms with Crippen LogP contribution < -0.4 is 10.0 Å². The molecule has 2 rings (SSSR count). The fraction of sp³-hybridized carbons (Fsp3) is 0.0714. The number of halogens is 1. The van der Waals surface area contributed by atoms with Gasteiger partial charge in [-0.15, -0.1) is 0 Å². The standard InChI is InChI=1S/C14H12FN3O2S/c1-18(13-5-3-2-4-10(13)9-16)21(19,20)14-8-11(15)6-7-12(14)17/h2-8H,17H2,1H3. The van der Waals surface area contributed by atoms with Gasteiger partial charge in [-0.25, -0.2) is 12.8 Å². The first kappa shape index (κ1) is 14.8. The van der Waals surface area contributed by atoms with Crippen molar-refractivity contribution in [3.05, 3.63) is 53.8 Å². The Labute approximate surface area is 122 Å². The highest BCUT2D eigenvalue weighted by atomic mass is 32.2. The third-order valence-electron chi connectivity index (χ3n) is 2.98. The lowest BCUT2D eigenvalue weighted by Gasteiger charge is -2.21. The topological polar surface area (TPSA) is 87.2 Å². The molecule has 2 aromatic rings. The van der Waals surface area contributed by atoms with Crippen LogP contribution in [-0.2, 0) is 10.0 Å². The zero-order chi connectivity index (χ0) is 15.6. The average Bonchev–Trinajstić information content (AvgIpc) is 2.48. The van der Waals surface area contributed by atoms with Crippen molar-refractivity contribution >= 4 is 21.4 Å². The molecule has 7 heteroatoms. The number of benzene rings is 2. The number of hydrogen-bond donors (Lipinski definition) is 1. The van der Waals surface area contributed by atoms with Crippen molar-refractivity contribution in [2.24, 2.45) is 0 Å². The van der Waals surface area contributed by atoms with Gasteiger partial charge in [-0.05, 0) is 30.3 Å². The molecule has 0 amide bonds. The molecule has 0 heterocycles. The van der Waals surface area contributed by atoms with E-state index in [4.69, 9.17) is 11.0 Å². The van der Waals surface area contributed by atoms with Gasteiger partial charge in [0.2, 0.25) is 0 Å². The number of nitrogens with two attached hydrogens (primary N) is 1. The van der Waals surface area contributed by atoms with Gasteiger partial charge < -0.3 is 5.73 Å². The van der Waals surface area contributed by atoms with Gasteiger partial charge in [0.05, 0.1) is 16.9 Å². The van der Waals surface area contributed by atoms with Crippen LogP contribution in [0.15, 0.2) is 47.4 Å². The van der Waals surface area contributed by atoms with E-state index in [0.29, 0.717) is 0 Å². The summed E-state index contributed by atoms with van der Waals surface area (Å²) in [4.78, 5) is -0.335. The maximum Gasteiger partial charge on any atom is 0.266 e. The van der Waals surface area contributed by atoms with Crippen LogP contribution in [-0.4, -0.2) is 15.5 Å².